The topological polar surface area (TPSA) is 83.4 Å². The Morgan fingerprint density at radius 2 is 1.90 bits per heavy atom. The summed E-state index contributed by atoms with van der Waals surface area (Å²) in [5.74, 6) is 1.14. The van der Waals surface area contributed by atoms with Crippen LogP contribution >= 0.6 is 0 Å². The molecule has 2 aromatic heterocycles. The number of carbonyl (C=O) groups is 2. The number of piperazine rings is 1. The van der Waals surface area contributed by atoms with Gasteiger partial charge in [0.2, 0.25) is 5.91 Å². The van der Waals surface area contributed by atoms with E-state index < -0.39 is 0 Å². The third-order valence-corrected chi connectivity index (χ3v) is 5.70. The van der Waals surface area contributed by atoms with Gasteiger partial charge >= 0.3 is 0 Å². The molecule has 0 spiro atoms. The van der Waals surface area contributed by atoms with Crippen molar-refractivity contribution in [3.8, 4) is 0 Å². The molecule has 162 valence electrons. The van der Waals surface area contributed by atoms with Crippen LogP contribution in [0.25, 0.3) is 0 Å². The van der Waals surface area contributed by atoms with Gasteiger partial charge in [-0.15, -0.1) is 0 Å². The molecule has 0 atom stereocenters. The van der Waals surface area contributed by atoms with Crippen LogP contribution in [0.2, 0.25) is 0 Å². The summed E-state index contributed by atoms with van der Waals surface area (Å²) >= 11 is 0. The van der Waals surface area contributed by atoms with Crippen molar-refractivity contribution >= 4 is 17.6 Å². The van der Waals surface area contributed by atoms with E-state index in [2.05, 4.69) is 34.0 Å². The molecule has 1 N–H and O–H groups in total. The second-order valence-electron chi connectivity index (χ2n) is 7.64. The Morgan fingerprint density at radius 3 is 2.50 bits per heavy atom. The molecule has 0 aromatic carbocycles. The first-order chi connectivity index (χ1) is 14.6. The molecule has 1 aliphatic heterocycles. The summed E-state index contributed by atoms with van der Waals surface area (Å²) in [6.45, 7) is 8.53. The molecule has 0 unspecified atom stereocenters. The van der Waals surface area contributed by atoms with Crippen molar-refractivity contribution in [1.82, 2.24) is 24.8 Å². The molecule has 2 aromatic rings. The molecule has 0 radical (unpaired) electrons. The number of pyridine rings is 1. The maximum atomic E-state index is 12.5. The van der Waals surface area contributed by atoms with E-state index >= 15 is 0 Å². The summed E-state index contributed by atoms with van der Waals surface area (Å²) in [6, 6.07) is 3.70. The molecule has 8 nitrogen and oxygen atoms in total. The molecular formula is C22H32N6O2. The summed E-state index contributed by atoms with van der Waals surface area (Å²) in [4.78, 5) is 37.5. The molecule has 3 rings (SSSR count). The van der Waals surface area contributed by atoms with E-state index in [1.165, 1.54) is 0 Å². The van der Waals surface area contributed by atoms with Gasteiger partial charge in [0.05, 0.1) is 11.9 Å². The molecule has 8 heteroatoms. The third kappa shape index (κ3) is 5.58. The van der Waals surface area contributed by atoms with Crippen molar-refractivity contribution in [1.29, 1.82) is 0 Å². The monoisotopic (exact) mass is 412 g/mol. The van der Waals surface area contributed by atoms with Gasteiger partial charge in [-0.2, -0.15) is 0 Å². The number of rotatable bonds is 9. The number of nitrogens with one attached hydrogen (secondary N) is 1. The summed E-state index contributed by atoms with van der Waals surface area (Å²) in [6.07, 6.45) is 9.68. The normalized spacial score (nSPS) is 14.2. The SMILES string of the molecule is CCC(CC)C(=O)N1CCN(c2ccc(C(=O)NCCCn3ccnc3)cn2)CC1. The highest BCUT2D eigenvalue weighted by Gasteiger charge is 2.25. The van der Waals surface area contributed by atoms with Crippen LogP contribution in [0.1, 0.15) is 43.5 Å². The minimum atomic E-state index is -0.111. The van der Waals surface area contributed by atoms with Crippen LogP contribution in [-0.2, 0) is 11.3 Å². The Balaban J connectivity index is 1.44. The molecule has 0 saturated carbocycles. The summed E-state index contributed by atoms with van der Waals surface area (Å²) in [5, 5.41) is 2.93. The van der Waals surface area contributed by atoms with Gasteiger partial charge in [0.1, 0.15) is 5.82 Å². The van der Waals surface area contributed by atoms with Crippen molar-refractivity contribution in [3.05, 3.63) is 42.6 Å². The maximum absolute atomic E-state index is 12.5. The average Bonchev–Trinajstić information content (AvgIpc) is 3.31. The van der Waals surface area contributed by atoms with Crippen LogP contribution in [0, 0.1) is 5.92 Å². The van der Waals surface area contributed by atoms with Gasteiger partial charge in [-0.1, -0.05) is 13.8 Å². The molecule has 1 saturated heterocycles. The van der Waals surface area contributed by atoms with Crippen molar-refractivity contribution in [2.45, 2.75) is 39.7 Å². The second kappa shape index (κ2) is 10.8. The first-order valence-electron chi connectivity index (χ1n) is 10.9. The molecule has 2 amide bonds. The number of imidazole rings is 1. The summed E-state index contributed by atoms with van der Waals surface area (Å²) in [7, 11) is 0. The first kappa shape index (κ1) is 21.8. The molecule has 0 bridgehead atoms. The summed E-state index contributed by atoms with van der Waals surface area (Å²) in [5.41, 5.74) is 0.559. The van der Waals surface area contributed by atoms with Crippen molar-refractivity contribution in [3.63, 3.8) is 0 Å². The Morgan fingerprint density at radius 1 is 1.13 bits per heavy atom. The highest BCUT2D eigenvalue weighted by Crippen LogP contribution is 2.17. The van der Waals surface area contributed by atoms with Crippen LogP contribution in [0.5, 0.6) is 0 Å². The first-order valence-corrected chi connectivity index (χ1v) is 10.9. The zero-order valence-electron chi connectivity index (χ0n) is 18.0. The second-order valence-corrected chi connectivity index (χ2v) is 7.64. The number of hydrogen-bond acceptors (Lipinski definition) is 5. The Hall–Kier alpha value is -2.90. The number of nitrogens with zero attached hydrogens (tertiary/aromatic N) is 5. The maximum Gasteiger partial charge on any atom is 0.252 e. The minimum Gasteiger partial charge on any atom is -0.353 e. The lowest BCUT2D eigenvalue weighted by molar-refractivity contribution is -0.136. The van der Waals surface area contributed by atoms with Gasteiger partial charge < -0.3 is 19.7 Å². The minimum absolute atomic E-state index is 0.111. The summed E-state index contributed by atoms with van der Waals surface area (Å²) < 4.78 is 1.99. The third-order valence-electron chi connectivity index (χ3n) is 5.70. The van der Waals surface area contributed by atoms with E-state index in [1.807, 2.05) is 27.8 Å². The quantitative estimate of drug-likeness (QED) is 0.639. The number of aryl methyl sites for hydroxylation is 1. The highest BCUT2D eigenvalue weighted by molar-refractivity contribution is 5.94. The fourth-order valence-corrected chi connectivity index (χ4v) is 3.74. The lowest BCUT2D eigenvalue weighted by atomic mass is 10.0. The van der Waals surface area contributed by atoms with Gasteiger partial charge in [0, 0.05) is 63.8 Å². The Kier molecular flexibility index (Phi) is 7.82. The largest absolute Gasteiger partial charge is 0.353 e. The van der Waals surface area contributed by atoms with Crippen LogP contribution < -0.4 is 10.2 Å². The van der Waals surface area contributed by atoms with E-state index in [1.54, 1.807) is 18.7 Å². The number of anilines is 1. The van der Waals surface area contributed by atoms with Crippen molar-refractivity contribution in [2.24, 2.45) is 5.92 Å². The van der Waals surface area contributed by atoms with Crippen LogP contribution in [0.15, 0.2) is 37.1 Å². The molecule has 0 aliphatic carbocycles. The van der Waals surface area contributed by atoms with E-state index in [0.29, 0.717) is 12.1 Å². The van der Waals surface area contributed by atoms with Gasteiger partial charge in [-0.05, 0) is 31.4 Å². The van der Waals surface area contributed by atoms with Gasteiger partial charge in [-0.3, -0.25) is 9.59 Å². The van der Waals surface area contributed by atoms with Gasteiger partial charge in [0.25, 0.3) is 5.91 Å². The zero-order valence-corrected chi connectivity index (χ0v) is 18.0. The standard InChI is InChI=1S/C22H32N6O2/c1-3-18(4-2)22(30)28-14-12-27(13-15-28)20-7-6-19(16-25-20)21(29)24-8-5-10-26-11-9-23-17-26/h6-7,9,11,16-18H,3-5,8,10,12-15H2,1-2H3,(H,24,29). The molecule has 3 heterocycles. The Bertz CT molecular complexity index is 794. The van der Waals surface area contributed by atoms with Gasteiger partial charge in [-0.25, -0.2) is 9.97 Å². The average molecular weight is 413 g/mol. The number of amides is 2. The van der Waals surface area contributed by atoms with Crippen LogP contribution in [0.3, 0.4) is 0 Å². The lowest BCUT2D eigenvalue weighted by Crippen LogP contribution is -2.50. The molecule has 30 heavy (non-hydrogen) atoms. The fourth-order valence-electron chi connectivity index (χ4n) is 3.74. The van der Waals surface area contributed by atoms with E-state index in [0.717, 1.165) is 57.8 Å². The predicted octanol–water partition coefficient (Wildman–Crippen LogP) is 2.18. The number of aromatic nitrogens is 3. The molecular weight excluding hydrogens is 380 g/mol. The fraction of sp³-hybridized carbons (Fsp3) is 0.545. The predicted molar refractivity (Wildman–Crippen MR) is 116 cm³/mol. The smallest absolute Gasteiger partial charge is 0.252 e. The highest BCUT2D eigenvalue weighted by atomic mass is 16.2. The van der Waals surface area contributed by atoms with Crippen molar-refractivity contribution < 1.29 is 9.59 Å². The zero-order chi connectivity index (χ0) is 21.3. The van der Waals surface area contributed by atoms with Crippen LogP contribution in [0.4, 0.5) is 5.82 Å². The van der Waals surface area contributed by atoms with E-state index in [4.69, 9.17) is 0 Å². The number of hydrogen-bond donors (Lipinski definition) is 1. The molecule has 1 fully saturated rings. The van der Waals surface area contributed by atoms with E-state index in [-0.39, 0.29) is 17.7 Å². The van der Waals surface area contributed by atoms with Crippen LogP contribution in [-0.4, -0.2) is 64.0 Å². The molecule has 1 aliphatic rings. The van der Waals surface area contributed by atoms with Crippen molar-refractivity contribution in [2.75, 3.05) is 37.6 Å². The van der Waals surface area contributed by atoms with Gasteiger partial charge in [0.15, 0.2) is 0 Å². The number of carbonyl (C=O) groups excluding carboxylic acids is 2. The van der Waals surface area contributed by atoms with E-state index in [9.17, 15) is 9.59 Å². The Labute approximate surface area is 178 Å². The lowest BCUT2D eigenvalue weighted by Gasteiger charge is -2.36.